The van der Waals surface area contributed by atoms with Gasteiger partial charge in [0.05, 0.1) is 0 Å². The number of hydrogen-bond donors (Lipinski definition) is 0. The third-order valence-corrected chi connectivity index (χ3v) is 8.84. The first-order chi connectivity index (χ1) is 11.9. The molecule has 0 aromatic rings. The van der Waals surface area contributed by atoms with Crippen molar-refractivity contribution in [2.45, 2.75) is 59.3 Å². The van der Waals surface area contributed by atoms with Crippen LogP contribution in [0.15, 0.2) is 35.5 Å². The summed E-state index contributed by atoms with van der Waals surface area (Å²) in [7, 11) is 0. The summed E-state index contributed by atoms with van der Waals surface area (Å²) in [6.45, 7) is 6.73. The molecule has 6 unspecified atom stereocenters. The van der Waals surface area contributed by atoms with E-state index in [1.54, 1.807) is 5.57 Å². The van der Waals surface area contributed by atoms with Crippen molar-refractivity contribution >= 4 is 11.6 Å². The van der Waals surface area contributed by atoms with E-state index in [2.05, 4.69) is 32.1 Å². The summed E-state index contributed by atoms with van der Waals surface area (Å²) < 4.78 is 0. The number of ketones is 2. The zero-order valence-corrected chi connectivity index (χ0v) is 15.6. The van der Waals surface area contributed by atoms with E-state index in [-0.39, 0.29) is 27.9 Å². The Hall–Kier alpha value is -1.44. The molecule has 2 fully saturated rings. The van der Waals surface area contributed by atoms with Crippen molar-refractivity contribution < 1.29 is 9.59 Å². The highest BCUT2D eigenvalue weighted by molar-refractivity contribution is 5.92. The van der Waals surface area contributed by atoms with Crippen LogP contribution in [-0.4, -0.2) is 11.6 Å². The van der Waals surface area contributed by atoms with Crippen LogP contribution in [0.1, 0.15) is 59.3 Å². The third kappa shape index (κ3) is 1.63. The Morgan fingerprint density at radius 3 is 2.84 bits per heavy atom. The van der Waals surface area contributed by atoms with E-state index in [0.29, 0.717) is 30.5 Å². The van der Waals surface area contributed by atoms with Crippen LogP contribution in [0.5, 0.6) is 0 Å². The fraction of sp³-hybridized carbons (Fsp3) is 0.652. The molecule has 0 saturated heterocycles. The second kappa shape index (κ2) is 4.64. The van der Waals surface area contributed by atoms with Gasteiger partial charge in [-0.3, -0.25) is 9.59 Å². The minimum atomic E-state index is 0.0348. The number of carbonyl (C=O) groups is 2. The Kier molecular flexibility index (Phi) is 2.93. The summed E-state index contributed by atoms with van der Waals surface area (Å²) in [5, 5.41) is 0. The summed E-state index contributed by atoms with van der Waals surface area (Å²) in [5.74, 6) is 2.13. The van der Waals surface area contributed by atoms with Crippen LogP contribution in [0.4, 0.5) is 0 Å². The fourth-order valence-corrected chi connectivity index (χ4v) is 7.50. The molecule has 5 rings (SSSR count). The van der Waals surface area contributed by atoms with Gasteiger partial charge in [0.2, 0.25) is 0 Å². The van der Waals surface area contributed by atoms with Crippen LogP contribution in [0.3, 0.4) is 0 Å². The molecule has 2 saturated carbocycles. The summed E-state index contributed by atoms with van der Waals surface area (Å²) >= 11 is 0. The van der Waals surface area contributed by atoms with Gasteiger partial charge in [-0.25, -0.2) is 0 Å². The standard InChI is InChI=1S/C23H28O2/c1-4-19(25)20-22(3)11-8-18-16-6-5-14-13-15(24)7-10-21(14,2)17(16)9-12-23(18,20)22/h5-6,9,13,16,18,20H,4,7-8,10-12H2,1-3H3. The van der Waals surface area contributed by atoms with Crippen LogP contribution in [0.25, 0.3) is 0 Å². The fourth-order valence-electron chi connectivity index (χ4n) is 7.50. The van der Waals surface area contributed by atoms with Gasteiger partial charge >= 0.3 is 0 Å². The van der Waals surface area contributed by atoms with Crippen molar-refractivity contribution in [3.8, 4) is 0 Å². The zero-order chi connectivity index (χ0) is 17.6. The number of Topliss-reactive ketones (excluding diaryl/α,β-unsaturated/α-hetero) is 1. The second-order valence-corrected chi connectivity index (χ2v) is 9.50. The average Bonchev–Trinajstić information content (AvgIpc) is 2.96. The minimum Gasteiger partial charge on any atom is -0.299 e. The Morgan fingerprint density at radius 2 is 2.08 bits per heavy atom. The molecular weight excluding hydrogens is 308 g/mol. The third-order valence-electron chi connectivity index (χ3n) is 8.84. The average molecular weight is 336 g/mol. The molecule has 2 heteroatoms. The monoisotopic (exact) mass is 336 g/mol. The normalized spacial score (nSPS) is 49.4. The molecule has 2 nitrogen and oxygen atoms in total. The van der Waals surface area contributed by atoms with Crippen LogP contribution in [-0.2, 0) is 9.59 Å². The lowest BCUT2D eigenvalue weighted by molar-refractivity contribution is -0.122. The van der Waals surface area contributed by atoms with Crippen molar-refractivity contribution in [1.29, 1.82) is 0 Å². The van der Waals surface area contributed by atoms with E-state index in [4.69, 9.17) is 0 Å². The maximum atomic E-state index is 12.6. The second-order valence-electron chi connectivity index (χ2n) is 9.50. The summed E-state index contributed by atoms with van der Waals surface area (Å²) in [6.07, 6.45) is 14.8. The van der Waals surface area contributed by atoms with Crippen molar-refractivity contribution in [2.24, 2.45) is 34.0 Å². The maximum absolute atomic E-state index is 12.6. The molecule has 132 valence electrons. The van der Waals surface area contributed by atoms with E-state index in [0.717, 1.165) is 12.8 Å². The van der Waals surface area contributed by atoms with Gasteiger partial charge in [0.25, 0.3) is 0 Å². The summed E-state index contributed by atoms with van der Waals surface area (Å²) in [6, 6.07) is 0. The van der Waals surface area contributed by atoms with Crippen LogP contribution in [0.2, 0.25) is 0 Å². The number of fused-ring (bicyclic) bond motifs is 4. The number of allylic oxidation sites excluding steroid dienone is 6. The molecule has 1 spiro atoms. The molecule has 5 aliphatic rings. The topological polar surface area (TPSA) is 34.1 Å². The molecular formula is C23H28O2. The lowest BCUT2D eigenvalue weighted by Gasteiger charge is -2.48. The highest BCUT2D eigenvalue weighted by Gasteiger charge is 2.81. The Bertz CT molecular complexity index is 784. The van der Waals surface area contributed by atoms with E-state index in [1.165, 1.54) is 18.4 Å². The first kappa shape index (κ1) is 15.8. The zero-order valence-electron chi connectivity index (χ0n) is 15.6. The van der Waals surface area contributed by atoms with E-state index < -0.39 is 0 Å². The highest BCUT2D eigenvalue weighted by Crippen LogP contribution is 2.84. The van der Waals surface area contributed by atoms with Gasteiger partial charge in [0.15, 0.2) is 5.78 Å². The molecule has 0 radical (unpaired) electrons. The lowest BCUT2D eigenvalue weighted by atomic mass is 9.55. The van der Waals surface area contributed by atoms with Crippen LogP contribution in [0, 0.1) is 34.0 Å². The molecule has 0 bridgehead atoms. The van der Waals surface area contributed by atoms with E-state index in [1.807, 2.05) is 13.0 Å². The highest BCUT2D eigenvalue weighted by atomic mass is 16.1. The molecule has 25 heavy (non-hydrogen) atoms. The van der Waals surface area contributed by atoms with E-state index in [9.17, 15) is 9.59 Å². The first-order valence-corrected chi connectivity index (χ1v) is 10.0. The molecule has 0 aromatic heterocycles. The SMILES string of the molecule is CCC(=O)C1C2(C)CCC3C4C=CC5=CC(=O)CCC5(C)C4=CCC312. The summed E-state index contributed by atoms with van der Waals surface area (Å²) in [5.41, 5.74) is 3.25. The van der Waals surface area contributed by atoms with Crippen molar-refractivity contribution in [1.82, 2.24) is 0 Å². The van der Waals surface area contributed by atoms with Crippen LogP contribution >= 0.6 is 0 Å². The molecule has 0 aromatic carbocycles. The number of carbonyl (C=O) groups excluding carboxylic acids is 2. The minimum absolute atomic E-state index is 0.0348. The van der Waals surface area contributed by atoms with Gasteiger partial charge in [-0.15, -0.1) is 0 Å². The number of hydrogen-bond acceptors (Lipinski definition) is 2. The molecule has 6 atom stereocenters. The van der Waals surface area contributed by atoms with Crippen molar-refractivity contribution in [3.05, 3.63) is 35.5 Å². The van der Waals surface area contributed by atoms with Crippen molar-refractivity contribution in [2.75, 3.05) is 0 Å². The van der Waals surface area contributed by atoms with Gasteiger partial charge < -0.3 is 0 Å². The molecule has 5 aliphatic carbocycles. The van der Waals surface area contributed by atoms with Gasteiger partial charge in [-0.2, -0.15) is 0 Å². The van der Waals surface area contributed by atoms with Gasteiger partial charge in [0.1, 0.15) is 5.78 Å². The number of rotatable bonds is 2. The predicted octanol–water partition coefficient (Wildman–Crippen LogP) is 4.81. The molecule has 0 amide bonds. The molecule has 0 heterocycles. The van der Waals surface area contributed by atoms with Gasteiger partial charge in [-0.05, 0) is 54.1 Å². The maximum Gasteiger partial charge on any atom is 0.156 e. The summed E-state index contributed by atoms with van der Waals surface area (Å²) in [4.78, 5) is 24.5. The quantitative estimate of drug-likeness (QED) is 0.678. The Balaban J connectivity index is 1.59. The Labute approximate surface area is 150 Å². The largest absolute Gasteiger partial charge is 0.299 e. The predicted molar refractivity (Wildman–Crippen MR) is 97.8 cm³/mol. The van der Waals surface area contributed by atoms with Crippen LogP contribution < -0.4 is 0 Å². The van der Waals surface area contributed by atoms with Gasteiger partial charge in [-0.1, -0.05) is 44.6 Å². The lowest BCUT2D eigenvalue weighted by Crippen LogP contribution is -2.40. The smallest absolute Gasteiger partial charge is 0.156 e. The molecule has 0 aliphatic heterocycles. The Morgan fingerprint density at radius 1 is 1.28 bits per heavy atom. The van der Waals surface area contributed by atoms with E-state index >= 15 is 0 Å². The molecule has 0 N–H and O–H groups in total. The first-order valence-electron chi connectivity index (χ1n) is 10.0. The van der Waals surface area contributed by atoms with Crippen molar-refractivity contribution in [3.63, 3.8) is 0 Å². The van der Waals surface area contributed by atoms with Gasteiger partial charge in [0, 0.05) is 30.1 Å².